The third kappa shape index (κ3) is 379. The topological polar surface area (TPSA) is 69.1 Å². The van der Waals surface area contributed by atoms with Gasteiger partial charge < -0.3 is 11.5 Å². The number of urea groups is 1. The zero-order chi connectivity index (χ0) is 8.08. The van der Waals surface area contributed by atoms with E-state index in [-0.39, 0.29) is 0 Å². The molecule has 0 aromatic rings. The van der Waals surface area contributed by atoms with E-state index in [9.17, 15) is 0 Å². The van der Waals surface area contributed by atoms with Gasteiger partial charge in [-0.05, 0) is 5.41 Å². The number of carbonyl (C=O) groups excluding carboxylic acids is 1. The van der Waals surface area contributed by atoms with Crippen LogP contribution in [0.2, 0.25) is 0 Å². The van der Waals surface area contributed by atoms with E-state index in [1.54, 1.807) is 0 Å². The molecular formula is C6H16N2O. The Hall–Kier alpha value is -0.730. The van der Waals surface area contributed by atoms with Crippen LogP contribution in [0, 0.1) is 5.41 Å². The predicted octanol–water partition coefficient (Wildman–Crippen LogP) is 1.08. The van der Waals surface area contributed by atoms with Crippen LogP contribution in [0.15, 0.2) is 0 Å². The van der Waals surface area contributed by atoms with Gasteiger partial charge in [0.1, 0.15) is 0 Å². The molecule has 0 spiro atoms. The van der Waals surface area contributed by atoms with E-state index in [1.807, 2.05) is 0 Å². The lowest BCUT2D eigenvalue weighted by Gasteiger charge is -2.05. The average Bonchev–Trinajstić information content (AvgIpc) is 1.19. The van der Waals surface area contributed by atoms with Crippen LogP contribution in [0.5, 0.6) is 0 Å². The summed E-state index contributed by atoms with van der Waals surface area (Å²) < 4.78 is 0. The van der Waals surface area contributed by atoms with E-state index in [0.29, 0.717) is 5.41 Å². The zero-order valence-electron chi connectivity index (χ0n) is 6.56. The maximum Gasteiger partial charge on any atom is 0.309 e. The van der Waals surface area contributed by atoms with E-state index in [4.69, 9.17) is 4.79 Å². The van der Waals surface area contributed by atoms with Crippen molar-refractivity contribution in [2.24, 2.45) is 16.9 Å². The molecule has 0 atom stereocenters. The lowest BCUT2D eigenvalue weighted by molar-refractivity contribution is 0.256. The number of hydrogen-bond donors (Lipinski definition) is 2. The highest BCUT2D eigenvalue weighted by molar-refractivity contribution is 5.69. The van der Waals surface area contributed by atoms with Crippen molar-refractivity contribution in [3.63, 3.8) is 0 Å². The van der Waals surface area contributed by atoms with E-state index in [2.05, 4.69) is 39.2 Å². The quantitative estimate of drug-likeness (QED) is 0.508. The number of rotatable bonds is 0. The maximum absolute atomic E-state index is 9.00. The first-order chi connectivity index (χ1) is 3.73. The van der Waals surface area contributed by atoms with Crippen LogP contribution in [0.1, 0.15) is 27.7 Å². The third-order valence-corrected chi connectivity index (χ3v) is 0. The molecule has 0 aromatic heterocycles. The molecule has 4 N–H and O–H groups in total. The van der Waals surface area contributed by atoms with E-state index in [1.165, 1.54) is 0 Å². The lowest BCUT2D eigenvalue weighted by atomic mass is 10.0. The lowest BCUT2D eigenvalue weighted by Crippen LogP contribution is -2.18. The van der Waals surface area contributed by atoms with Gasteiger partial charge in [-0.2, -0.15) is 0 Å². The van der Waals surface area contributed by atoms with E-state index >= 15 is 0 Å². The van der Waals surface area contributed by atoms with Crippen LogP contribution in [0.25, 0.3) is 0 Å². The van der Waals surface area contributed by atoms with Gasteiger partial charge >= 0.3 is 6.03 Å². The summed E-state index contributed by atoms with van der Waals surface area (Å²) in [5.41, 5.74) is 9.00. The molecule has 0 heterocycles. The molecule has 56 valence electrons. The Kier molecular flexibility index (Phi) is 5.16. The highest BCUT2D eigenvalue weighted by Gasteiger charge is 1.95. The van der Waals surface area contributed by atoms with E-state index < -0.39 is 6.03 Å². The Morgan fingerprint density at radius 2 is 1.11 bits per heavy atom. The van der Waals surface area contributed by atoms with Crippen molar-refractivity contribution < 1.29 is 4.79 Å². The molecule has 0 rings (SSSR count). The first-order valence-corrected chi connectivity index (χ1v) is 2.78. The highest BCUT2D eigenvalue weighted by Crippen LogP contribution is 2.07. The Balaban J connectivity index is 0. The smallest absolute Gasteiger partial charge is 0.309 e. The normalized spacial score (nSPS) is 9.33. The van der Waals surface area contributed by atoms with Gasteiger partial charge in [-0.1, -0.05) is 27.7 Å². The SMILES string of the molecule is CC(C)(C)C.NC(N)=O. The number of primary amides is 2. The largest absolute Gasteiger partial charge is 0.352 e. The highest BCUT2D eigenvalue weighted by atomic mass is 16.2. The Morgan fingerprint density at radius 1 is 1.11 bits per heavy atom. The van der Waals surface area contributed by atoms with Crippen molar-refractivity contribution in [2.45, 2.75) is 27.7 Å². The molecule has 0 aliphatic carbocycles. The Bertz CT molecular complexity index is 73.5. The number of hydrogen-bond acceptors (Lipinski definition) is 1. The molecule has 0 bridgehead atoms. The molecule has 0 aromatic carbocycles. The Labute approximate surface area is 56.4 Å². The second-order valence-corrected chi connectivity index (χ2v) is 3.40. The van der Waals surface area contributed by atoms with Gasteiger partial charge in [0.25, 0.3) is 0 Å². The summed E-state index contributed by atoms with van der Waals surface area (Å²) in [4.78, 5) is 9.00. The minimum atomic E-state index is -0.833. The molecular weight excluding hydrogens is 116 g/mol. The van der Waals surface area contributed by atoms with E-state index in [0.717, 1.165) is 0 Å². The van der Waals surface area contributed by atoms with Crippen molar-refractivity contribution in [1.29, 1.82) is 0 Å². The van der Waals surface area contributed by atoms with Crippen molar-refractivity contribution in [3.8, 4) is 0 Å². The zero-order valence-corrected chi connectivity index (χ0v) is 6.56. The van der Waals surface area contributed by atoms with Crippen molar-refractivity contribution >= 4 is 6.03 Å². The average molecular weight is 132 g/mol. The summed E-state index contributed by atoms with van der Waals surface area (Å²) in [6, 6.07) is -0.833. The minimum Gasteiger partial charge on any atom is -0.352 e. The van der Waals surface area contributed by atoms with Crippen LogP contribution >= 0.6 is 0 Å². The van der Waals surface area contributed by atoms with Crippen LogP contribution in [-0.2, 0) is 0 Å². The summed E-state index contributed by atoms with van der Waals surface area (Å²) in [7, 11) is 0. The van der Waals surface area contributed by atoms with Crippen molar-refractivity contribution in [3.05, 3.63) is 0 Å². The molecule has 0 saturated heterocycles. The summed E-state index contributed by atoms with van der Waals surface area (Å²) in [5, 5.41) is 0. The van der Waals surface area contributed by atoms with Gasteiger partial charge in [-0.25, -0.2) is 4.79 Å². The van der Waals surface area contributed by atoms with Gasteiger partial charge in [-0.15, -0.1) is 0 Å². The second-order valence-electron chi connectivity index (χ2n) is 3.40. The molecule has 3 heteroatoms. The molecule has 3 nitrogen and oxygen atoms in total. The summed E-state index contributed by atoms with van der Waals surface area (Å²) in [6.45, 7) is 8.75. The first-order valence-electron chi connectivity index (χ1n) is 2.78. The van der Waals surface area contributed by atoms with Gasteiger partial charge in [0.05, 0.1) is 0 Å². The van der Waals surface area contributed by atoms with Gasteiger partial charge in [0, 0.05) is 0 Å². The number of carbonyl (C=O) groups is 1. The fourth-order valence-electron chi connectivity index (χ4n) is 0. The molecule has 0 saturated carbocycles. The first kappa shape index (κ1) is 11.1. The number of nitrogens with two attached hydrogens (primary N) is 2. The van der Waals surface area contributed by atoms with Crippen LogP contribution in [0.4, 0.5) is 4.79 Å². The van der Waals surface area contributed by atoms with Gasteiger partial charge in [0.15, 0.2) is 0 Å². The Morgan fingerprint density at radius 3 is 1.11 bits per heavy atom. The standard InChI is InChI=1S/C5H12.CH4N2O/c1-5(2,3)4;2-1(3)4/h1-4H3;(H4,2,3,4). The minimum absolute atomic E-state index is 0.500. The molecule has 9 heavy (non-hydrogen) atoms. The molecule has 0 fully saturated rings. The second kappa shape index (κ2) is 4.18. The maximum atomic E-state index is 9.00. The summed E-state index contributed by atoms with van der Waals surface area (Å²) in [6.07, 6.45) is 0. The summed E-state index contributed by atoms with van der Waals surface area (Å²) >= 11 is 0. The molecule has 0 aliphatic rings. The van der Waals surface area contributed by atoms with Gasteiger partial charge in [0.2, 0.25) is 0 Å². The van der Waals surface area contributed by atoms with Gasteiger partial charge in [-0.3, -0.25) is 0 Å². The molecule has 2 amide bonds. The van der Waals surface area contributed by atoms with Crippen LogP contribution in [-0.4, -0.2) is 6.03 Å². The molecule has 0 radical (unpaired) electrons. The third-order valence-electron chi connectivity index (χ3n) is 0. The molecule has 0 aliphatic heterocycles. The fraction of sp³-hybridized carbons (Fsp3) is 0.833. The van der Waals surface area contributed by atoms with Crippen molar-refractivity contribution in [2.75, 3.05) is 0 Å². The number of amides is 2. The van der Waals surface area contributed by atoms with Crippen LogP contribution < -0.4 is 11.5 Å². The van der Waals surface area contributed by atoms with Crippen LogP contribution in [0.3, 0.4) is 0 Å². The fourth-order valence-corrected chi connectivity index (χ4v) is 0. The summed E-state index contributed by atoms with van der Waals surface area (Å²) in [5.74, 6) is 0. The predicted molar refractivity (Wildman–Crippen MR) is 38.9 cm³/mol. The monoisotopic (exact) mass is 132 g/mol. The van der Waals surface area contributed by atoms with Crippen molar-refractivity contribution in [1.82, 2.24) is 0 Å². The molecule has 0 unspecified atom stereocenters.